The zero-order chi connectivity index (χ0) is 43.3. The molecule has 6 aliphatic carbocycles. The lowest BCUT2D eigenvalue weighted by atomic mass is 10.0. The van der Waals surface area contributed by atoms with Crippen molar-refractivity contribution in [3.63, 3.8) is 0 Å². The molecule has 1 aliphatic heterocycles. The van der Waals surface area contributed by atoms with E-state index < -0.39 is 0 Å². The Kier molecular flexibility index (Phi) is 12.2. The summed E-state index contributed by atoms with van der Waals surface area (Å²) in [6, 6.07) is 21.9. The summed E-state index contributed by atoms with van der Waals surface area (Å²) in [5, 5.41) is 0. The fourth-order valence-corrected chi connectivity index (χ4v) is 9.91. The fourth-order valence-electron chi connectivity index (χ4n) is 9.91. The van der Waals surface area contributed by atoms with E-state index in [9.17, 15) is 0 Å². The summed E-state index contributed by atoms with van der Waals surface area (Å²) >= 11 is 0. The normalized spacial score (nSPS) is 20.4. The lowest BCUT2D eigenvalue weighted by molar-refractivity contribution is -0.386. The molecule has 6 heterocycles. The second kappa shape index (κ2) is 18.3. The topological polar surface area (TPSA) is 92.9 Å². The lowest BCUT2D eigenvalue weighted by Gasteiger charge is -2.05. The van der Waals surface area contributed by atoms with Crippen LogP contribution >= 0.6 is 0 Å². The third-order valence-electron chi connectivity index (χ3n) is 13.6. The number of aromatic amines is 5. The molecule has 1 atom stereocenters. The van der Waals surface area contributed by atoms with Crippen LogP contribution in [0.4, 0.5) is 0 Å². The Morgan fingerprint density at radius 2 is 0.788 bits per heavy atom. The molecule has 6 heteroatoms. The molecule has 0 spiro atoms. The monoisotopic (exact) mass is 865 g/mol. The number of hydrogen-bond acceptors (Lipinski definition) is 0. The number of H-pyrrole nitrogens is 5. The van der Waals surface area contributed by atoms with Crippen LogP contribution in [0.5, 0.6) is 0 Å². The van der Waals surface area contributed by atoms with Crippen molar-refractivity contribution < 1.29 is 4.99 Å². The number of aryl methyl sites for hydroxylation is 2. The van der Waals surface area contributed by atoms with Gasteiger partial charge in [0.25, 0.3) is 0 Å². The standard InChI is InChI=1S/2C29H27N3.2CH3/c2*1-18-3-5-20(15-18)26-11-12-27(31-26)23-8-9-24(17-23)29-14-13-28(32-29)22-7-6-21(16-22)25-10-4-19(2)30-25;;/h3-14,30-32H,15-17H2,1-2H3;3-14,21,30-31H,15-17H2,1-2H3;2*1H3/q;;2*-1/p+1/b;28-22+;;. The van der Waals surface area contributed by atoms with Crippen molar-refractivity contribution in [3.8, 4) is 0 Å². The molecule has 12 rings (SSSR count). The summed E-state index contributed by atoms with van der Waals surface area (Å²) in [4.78, 5) is 21.5. The smallest absolute Gasteiger partial charge is 0.207 e. The van der Waals surface area contributed by atoms with Gasteiger partial charge in [-0.2, -0.15) is 0 Å². The van der Waals surface area contributed by atoms with Crippen molar-refractivity contribution in [2.24, 2.45) is 0 Å². The molecule has 0 fully saturated rings. The molecule has 0 saturated heterocycles. The van der Waals surface area contributed by atoms with E-state index >= 15 is 0 Å². The van der Waals surface area contributed by atoms with E-state index in [1.54, 1.807) is 0 Å². The van der Waals surface area contributed by atoms with E-state index in [4.69, 9.17) is 0 Å². The molecule has 7 aliphatic rings. The third kappa shape index (κ3) is 8.88. The van der Waals surface area contributed by atoms with Gasteiger partial charge in [-0.05, 0) is 147 Å². The van der Waals surface area contributed by atoms with Crippen molar-refractivity contribution in [2.45, 2.75) is 72.1 Å². The molecule has 5 aromatic rings. The van der Waals surface area contributed by atoms with Crippen molar-refractivity contribution in [1.82, 2.24) is 24.9 Å². The van der Waals surface area contributed by atoms with Gasteiger partial charge < -0.3 is 39.8 Å². The number of hydrogen-bond donors (Lipinski definition) is 6. The van der Waals surface area contributed by atoms with Gasteiger partial charge in [-0.1, -0.05) is 84.1 Å². The average molecular weight is 866 g/mol. The van der Waals surface area contributed by atoms with Crippen LogP contribution in [0, 0.1) is 28.7 Å². The molecule has 0 bridgehead atoms. The van der Waals surface area contributed by atoms with Crippen molar-refractivity contribution in [3.05, 3.63) is 246 Å². The van der Waals surface area contributed by atoms with Crippen LogP contribution in [-0.2, 0) is 0 Å². The molecule has 0 amide bonds. The molecule has 1 unspecified atom stereocenters. The molecular formula is C60H61N6-. The van der Waals surface area contributed by atoms with Crippen LogP contribution < -0.4 is 4.99 Å². The summed E-state index contributed by atoms with van der Waals surface area (Å²) in [5.74, 6) is 0.445. The van der Waals surface area contributed by atoms with Crippen LogP contribution in [0.15, 0.2) is 174 Å². The highest BCUT2D eigenvalue weighted by Gasteiger charge is 2.27. The molecule has 6 nitrogen and oxygen atoms in total. The zero-order valence-corrected chi connectivity index (χ0v) is 39.2. The number of aromatic nitrogens is 5. The van der Waals surface area contributed by atoms with E-state index in [0.29, 0.717) is 5.92 Å². The van der Waals surface area contributed by atoms with E-state index in [2.05, 4.69) is 203 Å². The van der Waals surface area contributed by atoms with E-state index in [-0.39, 0.29) is 14.9 Å². The van der Waals surface area contributed by atoms with Crippen molar-refractivity contribution in [1.29, 1.82) is 0 Å². The molecule has 0 radical (unpaired) electrons. The summed E-state index contributed by atoms with van der Waals surface area (Å²) < 4.78 is 0. The highest BCUT2D eigenvalue weighted by Crippen LogP contribution is 2.39. The van der Waals surface area contributed by atoms with Crippen molar-refractivity contribution >= 4 is 44.7 Å². The minimum absolute atomic E-state index is 0. The Bertz CT molecular complexity index is 3180. The summed E-state index contributed by atoms with van der Waals surface area (Å²) in [7, 11) is 0. The van der Waals surface area contributed by atoms with Gasteiger partial charge in [0.1, 0.15) is 0 Å². The van der Waals surface area contributed by atoms with Crippen LogP contribution in [0.25, 0.3) is 39.0 Å². The first-order valence-electron chi connectivity index (χ1n) is 22.8. The van der Waals surface area contributed by atoms with E-state index in [0.717, 1.165) is 38.5 Å². The first-order chi connectivity index (χ1) is 31.2. The first-order valence-corrected chi connectivity index (χ1v) is 22.8. The van der Waals surface area contributed by atoms with Gasteiger partial charge in [0.15, 0.2) is 0 Å². The predicted molar refractivity (Wildman–Crippen MR) is 279 cm³/mol. The Balaban J connectivity index is 0.000000161. The van der Waals surface area contributed by atoms with Crippen LogP contribution in [0.2, 0.25) is 0 Å². The Morgan fingerprint density at radius 3 is 1.21 bits per heavy atom. The maximum atomic E-state index is 3.67. The van der Waals surface area contributed by atoms with Gasteiger partial charge in [-0.25, -0.2) is 4.99 Å². The zero-order valence-electron chi connectivity index (χ0n) is 39.2. The second-order valence-corrected chi connectivity index (χ2v) is 18.4. The highest BCUT2D eigenvalue weighted by molar-refractivity contribution is 6.08. The number of nitrogens with one attached hydrogen (secondary N) is 6. The molecule has 6 N–H and O–H groups in total. The number of allylic oxidation sites excluding steroid dienone is 25. The van der Waals surface area contributed by atoms with Gasteiger partial charge in [-0.15, -0.1) is 0 Å². The van der Waals surface area contributed by atoms with E-state index in [1.165, 1.54) is 130 Å². The van der Waals surface area contributed by atoms with Gasteiger partial charge in [0.2, 0.25) is 11.4 Å². The molecule has 0 saturated carbocycles. The second-order valence-electron chi connectivity index (χ2n) is 18.4. The summed E-state index contributed by atoms with van der Waals surface area (Å²) in [6.07, 6.45) is 37.4. The average Bonchev–Trinajstić information content (AvgIpc) is 4.13. The maximum Gasteiger partial charge on any atom is 0.207 e. The van der Waals surface area contributed by atoms with E-state index in [1.807, 2.05) is 0 Å². The van der Waals surface area contributed by atoms with Gasteiger partial charge >= 0.3 is 0 Å². The van der Waals surface area contributed by atoms with Crippen LogP contribution in [0.3, 0.4) is 0 Å². The molecule has 0 aromatic carbocycles. The number of rotatable bonds is 9. The quantitative estimate of drug-likeness (QED) is 0.0797. The Hall–Kier alpha value is -7.31. The summed E-state index contributed by atoms with van der Waals surface area (Å²) in [5.41, 5.74) is 29.8. The van der Waals surface area contributed by atoms with Crippen LogP contribution in [0.1, 0.15) is 115 Å². The van der Waals surface area contributed by atoms with Gasteiger partial charge in [0, 0.05) is 105 Å². The SMILES string of the molecule is CC1=CC=C(c2ccc(C3=CC=C(C4=[NH+]/C(=C5\C=CC(c6ccc(C)[nH]6)C5)C=C4)C3)[nH]2)C1.CC1=CC=C(c2ccc(C3=CC=C(c4ccc(C5=CC=C(c6ccc(C)[nH]6)C5)[nH]4)C3)[nH]2)C1.[CH3-].[CH3-]. The highest BCUT2D eigenvalue weighted by atomic mass is 14.8. The largest absolute Gasteiger partial charge is 0.362 e. The van der Waals surface area contributed by atoms with Gasteiger partial charge in [0.05, 0.1) is 0 Å². The molecule has 332 valence electrons. The lowest BCUT2D eigenvalue weighted by Crippen LogP contribution is -2.68. The predicted octanol–water partition coefficient (Wildman–Crippen LogP) is 13.5. The first kappa shape index (κ1) is 43.9. The molecule has 66 heavy (non-hydrogen) atoms. The van der Waals surface area contributed by atoms with Gasteiger partial charge in [-0.3, -0.25) is 0 Å². The van der Waals surface area contributed by atoms with Crippen molar-refractivity contribution in [2.75, 3.05) is 0 Å². The Morgan fingerprint density at radius 1 is 0.394 bits per heavy atom. The maximum absolute atomic E-state index is 3.67. The third-order valence-corrected chi connectivity index (χ3v) is 13.6. The fraction of sp³-hybridized carbons (Fsp3) is 0.183. The molecule has 5 aromatic heterocycles. The molecular weight excluding hydrogens is 805 g/mol. The summed E-state index contributed by atoms with van der Waals surface area (Å²) in [6.45, 7) is 8.59. The minimum atomic E-state index is 0. The Labute approximate surface area is 390 Å². The minimum Gasteiger partial charge on any atom is -0.362 e. The van der Waals surface area contributed by atoms with Crippen LogP contribution in [-0.4, -0.2) is 30.6 Å².